The maximum Gasteiger partial charge on any atom is 0.429 e. The van der Waals surface area contributed by atoms with Crippen molar-refractivity contribution in [1.29, 1.82) is 0 Å². The first-order chi connectivity index (χ1) is 13.5. The number of hydrogen-bond acceptors (Lipinski definition) is 5. The van der Waals surface area contributed by atoms with Crippen molar-refractivity contribution in [3.63, 3.8) is 0 Å². The third-order valence-corrected chi connectivity index (χ3v) is 4.72. The fourth-order valence-corrected chi connectivity index (χ4v) is 3.25. The van der Waals surface area contributed by atoms with Gasteiger partial charge in [-0.2, -0.15) is 0 Å². The van der Waals surface area contributed by atoms with Gasteiger partial charge in [-0.25, -0.2) is 9.80 Å². The predicted molar refractivity (Wildman–Crippen MR) is 110 cm³/mol. The van der Waals surface area contributed by atoms with Gasteiger partial charge in [0.2, 0.25) is 5.43 Å². The SMILES string of the molecule is CC(C)(C)OC(=O)N1CC(C)(C)C(O)c2c(OCc3ccccc3)c(=O)ccn21. The van der Waals surface area contributed by atoms with Gasteiger partial charge in [0.25, 0.3) is 0 Å². The molecule has 0 spiro atoms. The average molecular weight is 400 g/mol. The molecule has 3 rings (SSSR count). The van der Waals surface area contributed by atoms with Gasteiger partial charge in [0.1, 0.15) is 24.0 Å². The molecule has 1 aromatic heterocycles. The van der Waals surface area contributed by atoms with E-state index in [2.05, 4.69) is 0 Å². The first-order valence-electron chi connectivity index (χ1n) is 9.61. The predicted octanol–water partition coefficient (Wildman–Crippen LogP) is 3.37. The molecule has 0 fully saturated rings. The number of aliphatic hydroxyl groups excluding tert-OH is 1. The number of aromatic nitrogens is 1. The molecule has 156 valence electrons. The summed E-state index contributed by atoms with van der Waals surface area (Å²) in [4.78, 5) is 25.4. The second kappa shape index (κ2) is 7.55. The van der Waals surface area contributed by atoms with Gasteiger partial charge in [-0.1, -0.05) is 44.2 Å². The van der Waals surface area contributed by atoms with Gasteiger partial charge in [-0.3, -0.25) is 9.47 Å². The molecule has 0 bridgehead atoms. The Bertz CT molecular complexity index is 944. The lowest BCUT2D eigenvalue weighted by atomic mass is 9.82. The number of carbonyl (C=O) groups is 1. The molecule has 1 unspecified atom stereocenters. The number of carbonyl (C=O) groups excluding carboxylic acids is 1. The first kappa shape index (κ1) is 20.9. The van der Waals surface area contributed by atoms with E-state index in [0.717, 1.165) is 5.56 Å². The van der Waals surface area contributed by atoms with Crippen molar-refractivity contribution in [2.24, 2.45) is 5.41 Å². The quantitative estimate of drug-likeness (QED) is 0.854. The molecule has 1 aromatic carbocycles. The molecule has 2 aromatic rings. The van der Waals surface area contributed by atoms with Crippen LogP contribution in [-0.4, -0.2) is 28.0 Å². The number of hydrogen-bond donors (Lipinski definition) is 1. The number of fused-ring (bicyclic) bond motifs is 1. The fourth-order valence-electron chi connectivity index (χ4n) is 3.25. The normalized spacial score (nSPS) is 18.1. The second-order valence-electron chi connectivity index (χ2n) is 8.94. The third kappa shape index (κ3) is 4.45. The molecular weight excluding hydrogens is 372 g/mol. The summed E-state index contributed by atoms with van der Waals surface area (Å²) in [7, 11) is 0. The summed E-state index contributed by atoms with van der Waals surface area (Å²) in [6, 6.07) is 10.8. The molecule has 29 heavy (non-hydrogen) atoms. The van der Waals surface area contributed by atoms with E-state index in [1.54, 1.807) is 20.8 Å². The molecule has 1 aliphatic heterocycles. The molecule has 0 radical (unpaired) electrons. The summed E-state index contributed by atoms with van der Waals surface area (Å²) in [5.41, 5.74) is -0.606. The zero-order valence-electron chi connectivity index (χ0n) is 17.5. The Hall–Kier alpha value is -2.80. The van der Waals surface area contributed by atoms with E-state index >= 15 is 0 Å². The van der Waals surface area contributed by atoms with Crippen LogP contribution in [0.25, 0.3) is 0 Å². The van der Waals surface area contributed by atoms with Crippen LogP contribution in [0.1, 0.15) is 52.0 Å². The lowest BCUT2D eigenvalue weighted by molar-refractivity contribution is 0.0121. The molecular formula is C22H28N2O5. The van der Waals surface area contributed by atoms with Gasteiger partial charge in [-0.05, 0) is 26.3 Å². The Morgan fingerprint density at radius 1 is 1.21 bits per heavy atom. The molecule has 7 nitrogen and oxygen atoms in total. The summed E-state index contributed by atoms with van der Waals surface area (Å²) in [5.74, 6) is 0.0326. The van der Waals surface area contributed by atoms with Crippen molar-refractivity contribution < 1.29 is 19.4 Å². The number of aliphatic hydroxyl groups is 1. The summed E-state index contributed by atoms with van der Waals surface area (Å²) in [6.45, 7) is 9.42. The van der Waals surface area contributed by atoms with E-state index in [-0.39, 0.29) is 30.0 Å². The highest BCUT2D eigenvalue weighted by Crippen LogP contribution is 2.41. The largest absolute Gasteiger partial charge is 0.483 e. The highest BCUT2D eigenvalue weighted by atomic mass is 16.6. The Morgan fingerprint density at radius 3 is 2.48 bits per heavy atom. The Morgan fingerprint density at radius 2 is 1.86 bits per heavy atom. The standard InChI is InChI=1S/C22H28N2O5/c1-21(2,3)29-20(27)24-14-22(4,5)19(26)17-18(16(25)11-12-23(17)24)28-13-15-9-7-6-8-10-15/h6-12,19,26H,13-14H2,1-5H3. The maximum atomic E-state index is 12.8. The van der Waals surface area contributed by atoms with E-state index in [0.29, 0.717) is 0 Å². The molecule has 0 saturated heterocycles. The fraction of sp³-hybridized carbons (Fsp3) is 0.455. The van der Waals surface area contributed by atoms with Crippen LogP contribution in [0.4, 0.5) is 4.79 Å². The van der Waals surface area contributed by atoms with Crippen molar-refractivity contribution in [3.8, 4) is 5.75 Å². The van der Waals surface area contributed by atoms with Crippen LogP contribution in [0.3, 0.4) is 0 Å². The zero-order chi connectivity index (χ0) is 21.4. The van der Waals surface area contributed by atoms with Gasteiger partial charge >= 0.3 is 6.09 Å². The summed E-state index contributed by atoms with van der Waals surface area (Å²) < 4.78 is 12.8. The van der Waals surface area contributed by atoms with Gasteiger partial charge < -0.3 is 14.6 Å². The van der Waals surface area contributed by atoms with Gasteiger partial charge in [0.15, 0.2) is 5.75 Å². The number of benzene rings is 1. The van der Waals surface area contributed by atoms with Crippen LogP contribution in [0, 0.1) is 5.41 Å². The molecule has 1 aliphatic rings. The van der Waals surface area contributed by atoms with Crippen LogP contribution in [0.2, 0.25) is 0 Å². The van der Waals surface area contributed by atoms with Crippen molar-refractivity contribution in [2.75, 3.05) is 11.6 Å². The Labute approximate surface area is 170 Å². The average Bonchev–Trinajstić information content (AvgIpc) is 2.63. The van der Waals surface area contributed by atoms with Crippen LogP contribution in [0.5, 0.6) is 5.75 Å². The van der Waals surface area contributed by atoms with E-state index in [4.69, 9.17) is 9.47 Å². The van der Waals surface area contributed by atoms with Crippen LogP contribution in [0.15, 0.2) is 47.4 Å². The summed E-state index contributed by atoms with van der Waals surface area (Å²) in [5, 5.41) is 12.4. The van der Waals surface area contributed by atoms with E-state index < -0.39 is 23.2 Å². The lowest BCUT2D eigenvalue weighted by Crippen LogP contribution is -2.55. The molecule has 7 heteroatoms. The lowest BCUT2D eigenvalue weighted by Gasteiger charge is -2.44. The maximum absolute atomic E-state index is 12.8. The Kier molecular flexibility index (Phi) is 5.45. The monoisotopic (exact) mass is 400 g/mol. The molecule has 1 amide bonds. The number of rotatable bonds is 3. The van der Waals surface area contributed by atoms with Crippen LogP contribution >= 0.6 is 0 Å². The molecule has 2 heterocycles. The summed E-state index contributed by atoms with van der Waals surface area (Å²) >= 11 is 0. The Balaban J connectivity index is 2.03. The minimum atomic E-state index is -0.999. The number of nitrogens with zero attached hydrogens (tertiary/aromatic N) is 2. The van der Waals surface area contributed by atoms with Crippen molar-refractivity contribution >= 4 is 6.09 Å². The molecule has 1 N–H and O–H groups in total. The van der Waals surface area contributed by atoms with Gasteiger partial charge in [0.05, 0.1) is 6.54 Å². The third-order valence-electron chi connectivity index (χ3n) is 4.72. The van der Waals surface area contributed by atoms with Gasteiger partial charge in [-0.15, -0.1) is 0 Å². The van der Waals surface area contributed by atoms with E-state index in [1.807, 2.05) is 44.2 Å². The number of ether oxygens (including phenoxy) is 2. The number of amides is 1. The molecule has 0 saturated carbocycles. The first-order valence-corrected chi connectivity index (χ1v) is 9.61. The summed E-state index contributed by atoms with van der Waals surface area (Å²) in [6.07, 6.45) is -0.0904. The smallest absolute Gasteiger partial charge is 0.429 e. The zero-order valence-corrected chi connectivity index (χ0v) is 17.5. The van der Waals surface area contributed by atoms with E-state index in [9.17, 15) is 14.7 Å². The highest BCUT2D eigenvalue weighted by molar-refractivity contribution is 5.79. The van der Waals surface area contributed by atoms with Crippen LogP contribution < -0.4 is 15.2 Å². The topological polar surface area (TPSA) is 81.0 Å². The minimum Gasteiger partial charge on any atom is -0.483 e. The van der Waals surface area contributed by atoms with Crippen molar-refractivity contribution in [2.45, 2.75) is 52.9 Å². The number of pyridine rings is 1. The van der Waals surface area contributed by atoms with Crippen LogP contribution in [-0.2, 0) is 11.3 Å². The second-order valence-corrected chi connectivity index (χ2v) is 8.94. The molecule has 1 atom stereocenters. The van der Waals surface area contributed by atoms with Crippen molar-refractivity contribution in [1.82, 2.24) is 4.68 Å². The molecule has 0 aliphatic carbocycles. The van der Waals surface area contributed by atoms with Crippen molar-refractivity contribution in [3.05, 3.63) is 64.1 Å². The van der Waals surface area contributed by atoms with E-state index in [1.165, 1.54) is 21.9 Å². The highest BCUT2D eigenvalue weighted by Gasteiger charge is 2.43. The minimum absolute atomic E-state index is 0.0326. The van der Waals surface area contributed by atoms with Gasteiger partial charge in [0, 0.05) is 17.7 Å².